The summed E-state index contributed by atoms with van der Waals surface area (Å²) in [6.45, 7) is 3.97. The van der Waals surface area contributed by atoms with E-state index < -0.39 is 29.7 Å². The van der Waals surface area contributed by atoms with Gasteiger partial charge in [-0.05, 0) is 33.1 Å². The lowest BCUT2D eigenvalue weighted by molar-refractivity contribution is -0.168. The molecule has 1 aliphatic rings. The van der Waals surface area contributed by atoms with Crippen LogP contribution in [0.1, 0.15) is 33.1 Å². The minimum atomic E-state index is -1.21. The molecular weight excluding hydrogens is 252 g/mol. The second-order valence-electron chi connectivity index (χ2n) is 4.22. The number of hydrogen-bond acceptors (Lipinski definition) is 6. The highest BCUT2D eigenvalue weighted by atomic mass is 16.5. The Morgan fingerprint density at radius 2 is 1.84 bits per heavy atom. The van der Waals surface area contributed by atoms with Gasteiger partial charge in [-0.15, -0.1) is 0 Å². The lowest BCUT2D eigenvalue weighted by Gasteiger charge is -2.27. The molecule has 0 radical (unpaired) electrons. The maximum atomic E-state index is 12.0. The number of carbonyl (C=O) groups excluding carboxylic acids is 3. The number of carbonyl (C=O) groups is 3. The van der Waals surface area contributed by atoms with Crippen molar-refractivity contribution in [1.82, 2.24) is 0 Å². The summed E-state index contributed by atoms with van der Waals surface area (Å²) in [5, 5.41) is 0. The van der Waals surface area contributed by atoms with Gasteiger partial charge in [-0.25, -0.2) is 4.79 Å². The lowest BCUT2D eigenvalue weighted by Crippen LogP contribution is -2.43. The van der Waals surface area contributed by atoms with Gasteiger partial charge in [-0.2, -0.15) is 0 Å². The molecule has 1 aliphatic heterocycles. The normalized spacial score (nSPS) is 20.4. The van der Waals surface area contributed by atoms with Gasteiger partial charge in [-0.1, -0.05) is 0 Å². The molecule has 0 spiro atoms. The van der Waals surface area contributed by atoms with Gasteiger partial charge in [0.25, 0.3) is 5.78 Å². The molecule has 6 nitrogen and oxygen atoms in total. The van der Waals surface area contributed by atoms with Crippen LogP contribution in [0.2, 0.25) is 0 Å². The van der Waals surface area contributed by atoms with Crippen molar-refractivity contribution in [3.05, 3.63) is 0 Å². The number of hydrogen-bond donors (Lipinski definition) is 0. The zero-order chi connectivity index (χ0) is 14.3. The second-order valence-corrected chi connectivity index (χ2v) is 4.22. The quantitative estimate of drug-likeness (QED) is 0.405. The van der Waals surface area contributed by atoms with Crippen molar-refractivity contribution < 1.29 is 28.6 Å². The number of esters is 2. The van der Waals surface area contributed by atoms with Gasteiger partial charge in [0.05, 0.1) is 19.3 Å². The fourth-order valence-corrected chi connectivity index (χ4v) is 2.02. The molecule has 2 atom stereocenters. The van der Waals surface area contributed by atoms with Gasteiger partial charge < -0.3 is 14.2 Å². The van der Waals surface area contributed by atoms with E-state index in [4.69, 9.17) is 9.47 Å². The van der Waals surface area contributed by atoms with E-state index in [-0.39, 0.29) is 13.2 Å². The Bertz CT molecular complexity index is 332. The van der Waals surface area contributed by atoms with Crippen LogP contribution in [0.25, 0.3) is 0 Å². The second kappa shape index (κ2) is 7.89. The first-order valence-electron chi connectivity index (χ1n) is 6.61. The molecule has 0 aromatic rings. The topological polar surface area (TPSA) is 78.9 Å². The Morgan fingerprint density at radius 1 is 1.16 bits per heavy atom. The Kier molecular flexibility index (Phi) is 6.49. The summed E-state index contributed by atoms with van der Waals surface area (Å²) in [6.07, 6.45) is 1.72. The van der Waals surface area contributed by atoms with E-state index in [9.17, 15) is 14.4 Å². The van der Waals surface area contributed by atoms with E-state index in [1.165, 1.54) is 0 Å². The smallest absolute Gasteiger partial charge is 0.375 e. The van der Waals surface area contributed by atoms with Gasteiger partial charge in [0, 0.05) is 6.61 Å². The molecule has 0 amide bonds. The van der Waals surface area contributed by atoms with Crippen molar-refractivity contribution in [2.45, 2.75) is 39.2 Å². The molecule has 1 fully saturated rings. The molecule has 0 saturated carbocycles. The average molecular weight is 272 g/mol. The van der Waals surface area contributed by atoms with Crippen molar-refractivity contribution in [3.63, 3.8) is 0 Å². The van der Waals surface area contributed by atoms with Crippen molar-refractivity contribution in [1.29, 1.82) is 0 Å². The first-order valence-corrected chi connectivity index (χ1v) is 6.61. The van der Waals surface area contributed by atoms with E-state index in [1.54, 1.807) is 13.8 Å². The molecular formula is C13H20O6. The summed E-state index contributed by atoms with van der Waals surface area (Å²) >= 11 is 0. The summed E-state index contributed by atoms with van der Waals surface area (Å²) in [5.41, 5.74) is 0. The maximum absolute atomic E-state index is 12.0. The van der Waals surface area contributed by atoms with E-state index in [0.717, 1.165) is 12.8 Å². The Morgan fingerprint density at radius 3 is 2.37 bits per heavy atom. The highest BCUT2D eigenvalue weighted by Crippen LogP contribution is 2.22. The van der Waals surface area contributed by atoms with Crippen molar-refractivity contribution in [3.8, 4) is 0 Å². The molecule has 1 saturated heterocycles. The standard InChI is InChI=1S/C13H20O6/c1-3-17-12(15)10(9-7-5-6-8-19-9)11(14)13(16)18-4-2/h9-10H,3-8H2,1-2H3. The Hall–Kier alpha value is -1.43. The van der Waals surface area contributed by atoms with Crippen LogP contribution < -0.4 is 0 Å². The summed E-state index contributed by atoms with van der Waals surface area (Å²) in [5.74, 6) is -3.81. The zero-order valence-electron chi connectivity index (χ0n) is 11.3. The third kappa shape index (κ3) is 4.31. The van der Waals surface area contributed by atoms with E-state index >= 15 is 0 Å². The summed E-state index contributed by atoms with van der Waals surface area (Å²) < 4.78 is 14.9. The predicted molar refractivity (Wildman–Crippen MR) is 65.4 cm³/mol. The number of Topliss-reactive ketones (excluding diaryl/α,β-unsaturated/α-hetero) is 1. The van der Waals surface area contributed by atoms with Crippen LogP contribution in [0.5, 0.6) is 0 Å². The Balaban J connectivity index is 2.81. The zero-order valence-corrected chi connectivity index (χ0v) is 11.3. The molecule has 1 rings (SSSR count). The van der Waals surface area contributed by atoms with Crippen LogP contribution in [0.4, 0.5) is 0 Å². The fourth-order valence-electron chi connectivity index (χ4n) is 2.02. The summed E-state index contributed by atoms with van der Waals surface area (Å²) in [6, 6.07) is 0. The monoisotopic (exact) mass is 272 g/mol. The summed E-state index contributed by atoms with van der Waals surface area (Å²) in [7, 11) is 0. The van der Waals surface area contributed by atoms with Crippen LogP contribution in [-0.4, -0.2) is 43.6 Å². The molecule has 6 heteroatoms. The molecule has 0 aliphatic carbocycles. The van der Waals surface area contributed by atoms with E-state index in [1.807, 2.05) is 0 Å². The molecule has 0 aromatic heterocycles. The van der Waals surface area contributed by atoms with Gasteiger partial charge >= 0.3 is 11.9 Å². The largest absolute Gasteiger partial charge is 0.465 e. The first-order chi connectivity index (χ1) is 9.11. The van der Waals surface area contributed by atoms with Gasteiger partial charge in [0.2, 0.25) is 0 Å². The van der Waals surface area contributed by atoms with Crippen LogP contribution in [0.3, 0.4) is 0 Å². The number of rotatable bonds is 6. The SMILES string of the molecule is CCOC(=O)C(=O)C(C(=O)OCC)C1CCCCO1. The third-order valence-electron chi connectivity index (χ3n) is 2.89. The van der Waals surface area contributed by atoms with Crippen molar-refractivity contribution >= 4 is 17.7 Å². The van der Waals surface area contributed by atoms with Gasteiger partial charge in [0.15, 0.2) is 5.92 Å². The third-order valence-corrected chi connectivity index (χ3v) is 2.89. The van der Waals surface area contributed by atoms with Crippen LogP contribution in [-0.2, 0) is 28.6 Å². The molecule has 0 aromatic carbocycles. The minimum absolute atomic E-state index is 0.0889. The first kappa shape index (κ1) is 15.6. The highest BCUT2D eigenvalue weighted by molar-refractivity contribution is 6.38. The highest BCUT2D eigenvalue weighted by Gasteiger charge is 2.41. The van der Waals surface area contributed by atoms with Crippen LogP contribution in [0.15, 0.2) is 0 Å². The summed E-state index contributed by atoms with van der Waals surface area (Å²) in [4.78, 5) is 35.4. The number of ketones is 1. The van der Waals surface area contributed by atoms with E-state index in [0.29, 0.717) is 13.0 Å². The fraction of sp³-hybridized carbons (Fsp3) is 0.769. The maximum Gasteiger partial charge on any atom is 0.375 e. The van der Waals surface area contributed by atoms with Gasteiger partial charge in [-0.3, -0.25) is 9.59 Å². The number of ether oxygens (including phenoxy) is 3. The van der Waals surface area contributed by atoms with Gasteiger partial charge in [0.1, 0.15) is 0 Å². The molecule has 2 unspecified atom stereocenters. The average Bonchev–Trinajstić information content (AvgIpc) is 2.40. The van der Waals surface area contributed by atoms with Crippen LogP contribution >= 0.6 is 0 Å². The van der Waals surface area contributed by atoms with Crippen LogP contribution in [0, 0.1) is 5.92 Å². The Labute approximate surface area is 112 Å². The minimum Gasteiger partial charge on any atom is -0.465 e. The molecule has 0 bridgehead atoms. The molecule has 1 heterocycles. The van der Waals surface area contributed by atoms with E-state index in [2.05, 4.69) is 4.74 Å². The molecule has 0 N–H and O–H groups in total. The molecule has 19 heavy (non-hydrogen) atoms. The lowest BCUT2D eigenvalue weighted by atomic mass is 9.92. The van der Waals surface area contributed by atoms with Crippen molar-refractivity contribution in [2.24, 2.45) is 5.92 Å². The predicted octanol–water partition coefficient (Wildman–Crippen LogP) is 0.867. The van der Waals surface area contributed by atoms with Crippen molar-refractivity contribution in [2.75, 3.05) is 19.8 Å². The molecule has 108 valence electrons.